The first-order chi connectivity index (χ1) is 31.2. The van der Waals surface area contributed by atoms with Gasteiger partial charge in [0.2, 0.25) is 0 Å². The van der Waals surface area contributed by atoms with E-state index >= 15 is 0 Å². The number of aromatic nitrogens is 3. The van der Waals surface area contributed by atoms with Gasteiger partial charge >= 0.3 is 0 Å². The lowest BCUT2D eigenvalue weighted by Gasteiger charge is -2.30. The Morgan fingerprint density at radius 3 is 1.59 bits per heavy atom. The van der Waals surface area contributed by atoms with Gasteiger partial charge < -0.3 is 8.83 Å². The fourth-order valence-electron chi connectivity index (χ4n) is 10.7. The van der Waals surface area contributed by atoms with Gasteiger partial charge in [-0.3, -0.25) is 0 Å². The number of hydrogen-bond donors (Lipinski definition) is 0. The monoisotopic (exact) mass is 803 g/mol. The predicted octanol–water partition coefficient (Wildman–Crippen LogP) is 14.7. The van der Waals surface area contributed by atoms with Crippen molar-refractivity contribution < 1.29 is 8.83 Å². The summed E-state index contributed by atoms with van der Waals surface area (Å²) in [7, 11) is 0. The van der Waals surface area contributed by atoms with Crippen LogP contribution in [0.15, 0.2) is 209 Å². The van der Waals surface area contributed by atoms with E-state index in [-0.39, 0.29) is 0 Å². The first kappa shape index (κ1) is 34.3. The molecule has 0 saturated heterocycles. The van der Waals surface area contributed by atoms with E-state index in [0.29, 0.717) is 17.5 Å². The average Bonchev–Trinajstić information content (AvgIpc) is 4.09. The third-order valence-corrected chi connectivity index (χ3v) is 13.4. The molecule has 0 N–H and O–H groups in total. The van der Waals surface area contributed by atoms with Crippen molar-refractivity contribution in [3.63, 3.8) is 0 Å². The van der Waals surface area contributed by atoms with Crippen LogP contribution in [0.2, 0.25) is 0 Å². The molecule has 14 rings (SSSR count). The lowest BCUT2D eigenvalue weighted by atomic mass is 9.70. The lowest BCUT2D eigenvalue weighted by Crippen LogP contribution is -2.25. The molecule has 292 valence electrons. The van der Waals surface area contributed by atoms with Gasteiger partial charge in [-0.25, -0.2) is 15.0 Å². The molecular formula is C58H33N3O2. The van der Waals surface area contributed by atoms with Gasteiger partial charge in [0.05, 0.1) is 11.0 Å². The molecule has 12 aromatic rings. The minimum atomic E-state index is -0.422. The Morgan fingerprint density at radius 2 is 0.825 bits per heavy atom. The number of rotatable bonds is 4. The number of hydrogen-bond acceptors (Lipinski definition) is 5. The van der Waals surface area contributed by atoms with Crippen LogP contribution in [0.1, 0.15) is 22.3 Å². The SMILES string of the molecule is c1ccc(-c2nc(-c3cccc4c3oc3ccccc34)nc(-c3cccc4oc5ccc(-c6ccc7c(c6)C6(c8ccccc8-c8ccccc86)c6ccccc6-7)cc5c34)n2)cc1. The number of para-hydroxylation sites is 2. The molecule has 9 aromatic carbocycles. The smallest absolute Gasteiger partial charge is 0.167 e. The lowest BCUT2D eigenvalue weighted by molar-refractivity contribution is 0.668. The second kappa shape index (κ2) is 12.8. The van der Waals surface area contributed by atoms with Gasteiger partial charge in [0.25, 0.3) is 0 Å². The molecule has 3 heterocycles. The topological polar surface area (TPSA) is 65.0 Å². The zero-order chi connectivity index (χ0) is 41.2. The molecule has 0 bridgehead atoms. The summed E-state index contributed by atoms with van der Waals surface area (Å²) >= 11 is 0. The Labute approximate surface area is 361 Å². The average molecular weight is 804 g/mol. The van der Waals surface area contributed by atoms with Gasteiger partial charge in [-0.15, -0.1) is 0 Å². The molecule has 1 spiro atoms. The summed E-state index contributed by atoms with van der Waals surface area (Å²) in [5, 5.41) is 4.02. The Kier molecular flexibility index (Phi) is 6.97. The van der Waals surface area contributed by atoms with Crippen LogP contribution in [0.4, 0.5) is 0 Å². The van der Waals surface area contributed by atoms with Crippen molar-refractivity contribution in [2.75, 3.05) is 0 Å². The van der Waals surface area contributed by atoms with E-state index in [0.717, 1.165) is 71.7 Å². The quantitative estimate of drug-likeness (QED) is 0.177. The van der Waals surface area contributed by atoms with Gasteiger partial charge in [-0.2, -0.15) is 0 Å². The first-order valence-electron chi connectivity index (χ1n) is 21.3. The molecule has 5 nitrogen and oxygen atoms in total. The van der Waals surface area contributed by atoms with Crippen LogP contribution < -0.4 is 0 Å². The highest BCUT2D eigenvalue weighted by molar-refractivity contribution is 6.13. The molecule has 3 aromatic heterocycles. The Morgan fingerprint density at radius 1 is 0.302 bits per heavy atom. The van der Waals surface area contributed by atoms with E-state index in [1.54, 1.807) is 0 Å². The van der Waals surface area contributed by atoms with Crippen molar-refractivity contribution in [2.45, 2.75) is 5.41 Å². The molecule has 0 radical (unpaired) electrons. The number of fused-ring (bicyclic) bond motifs is 16. The Balaban J connectivity index is 0.970. The molecular weight excluding hydrogens is 771 g/mol. The zero-order valence-corrected chi connectivity index (χ0v) is 33.7. The van der Waals surface area contributed by atoms with Crippen molar-refractivity contribution in [1.29, 1.82) is 0 Å². The van der Waals surface area contributed by atoms with E-state index in [2.05, 4.69) is 127 Å². The summed E-state index contributed by atoms with van der Waals surface area (Å²) < 4.78 is 13.1. The highest BCUT2D eigenvalue weighted by atomic mass is 16.3. The Bertz CT molecular complexity index is 3810. The predicted molar refractivity (Wildman–Crippen MR) is 252 cm³/mol. The van der Waals surface area contributed by atoms with Crippen LogP contribution >= 0.6 is 0 Å². The number of nitrogens with zero attached hydrogens (tertiary/aromatic N) is 3. The summed E-state index contributed by atoms with van der Waals surface area (Å²) in [6, 6.07) is 70.9. The van der Waals surface area contributed by atoms with Crippen molar-refractivity contribution >= 4 is 43.9 Å². The summed E-state index contributed by atoms with van der Waals surface area (Å²) in [6.45, 7) is 0. The van der Waals surface area contributed by atoms with Crippen LogP contribution in [0.3, 0.4) is 0 Å². The normalized spacial score (nSPS) is 13.2. The van der Waals surface area contributed by atoms with Crippen molar-refractivity contribution in [1.82, 2.24) is 15.0 Å². The van der Waals surface area contributed by atoms with Crippen LogP contribution in [0.25, 0.3) is 111 Å². The summed E-state index contributed by atoms with van der Waals surface area (Å²) in [5.74, 6) is 1.68. The molecule has 0 saturated carbocycles. The van der Waals surface area contributed by atoms with Gasteiger partial charge in [-0.05, 0) is 92.0 Å². The molecule has 2 aliphatic carbocycles. The van der Waals surface area contributed by atoms with E-state index in [4.69, 9.17) is 23.8 Å². The van der Waals surface area contributed by atoms with Crippen molar-refractivity contribution in [3.05, 3.63) is 222 Å². The van der Waals surface area contributed by atoms with Crippen LogP contribution in [-0.2, 0) is 5.41 Å². The molecule has 0 fully saturated rings. The molecule has 2 aliphatic rings. The van der Waals surface area contributed by atoms with Crippen molar-refractivity contribution in [3.8, 4) is 67.5 Å². The molecule has 0 aliphatic heterocycles. The van der Waals surface area contributed by atoms with Crippen LogP contribution in [-0.4, -0.2) is 15.0 Å². The third-order valence-electron chi connectivity index (χ3n) is 13.4. The van der Waals surface area contributed by atoms with E-state index in [1.807, 2.05) is 72.8 Å². The minimum Gasteiger partial charge on any atom is -0.456 e. The maximum absolute atomic E-state index is 6.61. The molecule has 0 unspecified atom stereocenters. The molecule has 0 atom stereocenters. The third kappa shape index (κ3) is 4.73. The maximum Gasteiger partial charge on any atom is 0.167 e. The van der Waals surface area contributed by atoms with E-state index in [9.17, 15) is 0 Å². The second-order valence-electron chi connectivity index (χ2n) is 16.6. The highest BCUT2D eigenvalue weighted by Crippen LogP contribution is 2.63. The van der Waals surface area contributed by atoms with E-state index in [1.165, 1.54) is 44.5 Å². The van der Waals surface area contributed by atoms with Crippen molar-refractivity contribution in [2.24, 2.45) is 0 Å². The zero-order valence-electron chi connectivity index (χ0n) is 33.7. The van der Waals surface area contributed by atoms with Gasteiger partial charge in [-0.1, -0.05) is 164 Å². The highest BCUT2D eigenvalue weighted by Gasteiger charge is 2.51. The minimum absolute atomic E-state index is 0.422. The standard InChI is InChI=1S/C58H33N3O2/c1-2-14-34(15-3-1)55-59-56(61-57(60-55)44-22-12-20-42-41-19-7-11-26-50(41)63-54(42)44)43-21-13-27-52-53(43)45-32-35(29-31-51(45)62-52)36-28-30-40-39-18-6-10-25-48(39)58(49(40)33-36)46-23-8-4-16-37(46)38-17-5-9-24-47(38)58/h1-33H. The van der Waals surface area contributed by atoms with Gasteiger partial charge in [0.1, 0.15) is 22.3 Å². The summed E-state index contributed by atoms with van der Waals surface area (Å²) in [6.07, 6.45) is 0. The summed E-state index contributed by atoms with van der Waals surface area (Å²) in [5.41, 5.74) is 18.0. The first-order valence-corrected chi connectivity index (χ1v) is 21.3. The molecule has 0 amide bonds. The number of furan rings is 2. The number of benzene rings is 9. The van der Waals surface area contributed by atoms with Gasteiger partial charge in [0.15, 0.2) is 17.5 Å². The fourth-order valence-corrected chi connectivity index (χ4v) is 10.7. The summed E-state index contributed by atoms with van der Waals surface area (Å²) in [4.78, 5) is 15.5. The van der Waals surface area contributed by atoms with Gasteiger partial charge in [0, 0.05) is 32.7 Å². The largest absolute Gasteiger partial charge is 0.456 e. The molecule has 63 heavy (non-hydrogen) atoms. The van der Waals surface area contributed by atoms with Crippen LogP contribution in [0, 0.1) is 0 Å². The fraction of sp³-hybridized carbons (Fsp3) is 0.0172. The van der Waals surface area contributed by atoms with Crippen LogP contribution in [0.5, 0.6) is 0 Å². The maximum atomic E-state index is 6.61. The Hall–Kier alpha value is -8.41. The molecule has 5 heteroatoms. The van der Waals surface area contributed by atoms with E-state index < -0.39 is 5.41 Å². The second-order valence-corrected chi connectivity index (χ2v) is 16.6.